The van der Waals surface area contributed by atoms with Gasteiger partial charge in [0, 0.05) is 11.8 Å². The second-order valence-corrected chi connectivity index (χ2v) is 6.16. The van der Waals surface area contributed by atoms with Crippen LogP contribution in [0.25, 0.3) is 22.2 Å². The normalized spacial score (nSPS) is 15.7. The Kier molecular flexibility index (Phi) is 3.10. The van der Waals surface area contributed by atoms with E-state index in [9.17, 15) is 4.79 Å². The van der Waals surface area contributed by atoms with E-state index < -0.39 is 0 Å². The van der Waals surface area contributed by atoms with Crippen LogP contribution in [-0.2, 0) is 0 Å². The Morgan fingerprint density at radius 1 is 1.14 bits per heavy atom. The molecule has 1 aliphatic carbocycles. The van der Waals surface area contributed by atoms with Crippen LogP contribution in [0.15, 0.2) is 41.3 Å². The topological polar surface area (TPSA) is 50.7 Å². The first kappa shape index (κ1) is 13.3. The van der Waals surface area contributed by atoms with Gasteiger partial charge in [0.2, 0.25) is 0 Å². The summed E-state index contributed by atoms with van der Waals surface area (Å²) in [6.45, 7) is 2.06. The van der Waals surface area contributed by atoms with E-state index in [0.717, 1.165) is 29.6 Å². The van der Waals surface area contributed by atoms with E-state index in [-0.39, 0.29) is 5.56 Å². The Hall–Kier alpha value is -2.36. The number of aromatic nitrogens is 3. The summed E-state index contributed by atoms with van der Waals surface area (Å²) < 4.78 is 2.08. The first-order valence-corrected chi connectivity index (χ1v) is 7.91. The highest BCUT2D eigenvalue weighted by Gasteiger charge is 2.23. The number of benzene rings is 1. The third-order valence-corrected chi connectivity index (χ3v) is 4.63. The minimum absolute atomic E-state index is 0.0580. The lowest BCUT2D eigenvalue weighted by molar-refractivity contribution is 0.483. The summed E-state index contributed by atoms with van der Waals surface area (Å²) in [7, 11) is 0. The molecule has 0 bridgehead atoms. The van der Waals surface area contributed by atoms with E-state index in [0.29, 0.717) is 11.4 Å². The number of nitrogens with zero attached hydrogens (tertiary/aromatic N) is 2. The van der Waals surface area contributed by atoms with E-state index in [2.05, 4.69) is 28.7 Å². The fourth-order valence-electron chi connectivity index (χ4n) is 3.44. The van der Waals surface area contributed by atoms with E-state index in [1.54, 1.807) is 6.20 Å². The minimum atomic E-state index is -0.0580. The maximum absolute atomic E-state index is 12.4. The van der Waals surface area contributed by atoms with Crippen LogP contribution in [0, 0.1) is 6.92 Å². The highest BCUT2D eigenvalue weighted by atomic mass is 16.1. The SMILES string of the molecule is Cc1ccc(-c2nn(C3CCCC3)c3cc[nH]c(=O)c23)cc1. The molecule has 1 aromatic carbocycles. The molecule has 0 radical (unpaired) electrons. The standard InChI is InChI=1S/C18H19N3O/c1-12-6-8-13(9-7-12)17-16-15(10-11-19-18(16)22)21(20-17)14-4-2-3-5-14/h6-11,14H,2-5H2,1H3,(H,19,22). The van der Waals surface area contributed by atoms with Crippen molar-refractivity contribution >= 4 is 10.9 Å². The number of H-pyrrole nitrogens is 1. The zero-order valence-electron chi connectivity index (χ0n) is 12.7. The molecule has 1 N–H and O–H groups in total. The molecule has 4 heteroatoms. The van der Waals surface area contributed by atoms with Gasteiger partial charge in [-0.15, -0.1) is 0 Å². The van der Waals surface area contributed by atoms with Crippen LogP contribution in [0.4, 0.5) is 0 Å². The van der Waals surface area contributed by atoms with E-state index in [1.807, 2.05) is 18.2 Å². The summed E-state index contributed by atoms with van der Waals surface area (Å²) in [5, 5.41) is 5.54. The predicted octanol–water partition coefficient (Wildman–Crippen LogP) is 3.82. The van der Waals surface area contributed by atoms with Crippen LogP contribution >= 0.6 is 0 Å². The number of nitrogens with one attached hydrogen (secondary N) is 1. The molecule has 0 spiro atoms. The summed E-state index contributed by atoms with van der Waals surface area (Å²) >= 11 is 0. The quantitative estimate of drug-likeness (QED) is 0.781. The zero-order valence-corrected chi connectivity index (χ0v) is 12.7. The molecule has 22 heavy (non-hydrogen) atoms. The van der Waals surface area contributed by atoms with Crippen LogP contribution in [0.2, 0.25) is 0 Å². The number of hydrogen-bond acceptors (Lipinski definition) is 2. The molecule has 4 rings (SSSR count). The number of hydrogen-bond donors (Lipinski definition) is 1. The van der Waals surface area contributed by atoms with Crippen molar-refractivity contribution in [1.29, 1.82) is 0 Å². The molecule has 1 saturated carbocycles. The van der Waals surface area contributed by atoms with Gasteiger partial charge >= 0.3 is 0 Å². The first-order chi connectivity index (χ1) is 10.7. The van der Waals surface area contributed by atoms with Gasteiger partial charge < -0.3 is 4.98 Å². The monoisotopic (exact) mass is 293 g/mol. The number of fused-ring (bicyclic) bond motifs is 1. The van der Waals surface area contributed by atoms with Gasteiger partial charge in [-0.1, -0.05) is 42.7 Å². The van der Waals surface area contributed by atoms with Gasteiger partial charge in [0.1, 0.15) is 5.69 Å². The molecule has 0 unspecified atom stereocenters. The van der Waals surface area contributed by atoms with E-state index >= 15 is 0 Å². The molecular formula is C18H19N3O. The zero-order chi connectivity index (χ0) is 15.1. The lowest BCUT2D eigenvalue weighted by Crippen LogP contribution is -2.08. The average molecular weight is 293 g/mol. The first-order valence-electron chi connectivity index (χ1n) is 7.91. The smallest absolute Gasteiger partial charge is 0.259 e. The Morgan fingerprint density at radius 3 is 2.59 bits per heavy atom. The highest BCUT2D eigenvalue weighted by Crippen LogP contribution is 2.34. The van der Waals surface area contributed by atoms with Crippen LogP contribution in [-0.4, -0.2) is 14.8 Å². The van der Waals surface area contributed by atoms with Crippen molar-refractivity contribution < 1.29 is 0 Å². The lowest BCUT2D eigenvalue weighted by Gasteiger charge is -2.10. The maximum Gasteiger partial charge on any atom is 0.259 e. The molecule has 2 heterocycles. The van der Waals surface area contributed by atoms with Crippen LogP contribution in [0.5, 0.6) is 0 Å². The third kappa shape index (κ3) is 2.06. The molecule has 1 fully saturated rings. The summed E-state index contributed by atoms with van der Waals surface area (Å²) in [4.78, 5) is 15.1. The molecule has 4 nitrogen and oxygen atoms in total. The maximum atomic E-state index is 12.4. The van der Waals surface area contributed by atoms with Crippen molar-refractivity contribution in [2.75, 3.05) is 0 Å². The van der Waals surface area contributed by atoms with Crippen LogP contribution < -0.4 is 5.56 Å². The molecule has 0 aliphatic heterocycles. The van der Waals surface area contributed by atoms with Gasteiger partial charge in [0.05, 0.1) is 16.9 Å². The van der Waals surface area contributed by atoms with E-state index in [4.69, 9.17) is 5.10 Å². The average Bonchev–Trinajstić information content (AvgIpc) is 3.15. The Bertz CT molecular complexity index is 867. The fourth-order valence-corrected chi connectivity index (χ4v) is 3.44. The van der Waals surface area contributed by atoms with E-state index in [1.165, 1.54) is 18.4 Å². The number of aromatic amines is 1. The summed E-state index contributed by atoms with van der Waals surface area (Å²) in [6, 6.07) is 10.6. The predicted molar refractivity (Wildman–Crippen MR) is 88.0 cm³/mol. The van der Waals surface area contributed by atoms with Crippen molar-refractivity contribution in [2.45, 2.75) is 38.6 Å². The van der Waals surface area contributed by atoms with Gasteiger partial charge in [0.25, 0.3) is 5.56 Å². The lowest BCUT2D eigenvalue weighted by atomic mass is 10.1. The molecule has 112 valence electrons. The molecule has 0 saturated heterocycles. The largest absolute Gasteiger partial charge is 0.328 e. The van der Waals surface area contributed by atoms with Gasteiger partial charge in [0.15, 0.2) is 0 Å². The van der Waals surface area contributed by atoms with Gasteiger partial charge in [-0.05, 0) is 25.8 Å². The number of rotatable bonds is 2. The van der Waals surface area contributed by atoms with Gasteiger partial charge in [-0.3, -0.25) is 9.48 Å². The molecule has 0 amide bonds. The molecule has 2 aromatic heterocycles. The minimum Gasteiger partial charge on any atom is -0.328 e. The summed E-state index contributed by atoms with van der Waals surface area (Å²) in [6.07, 6.45) is 6.51. The second kappa shape index (κ2) is 5.13. The van der Waals surface area contributed by atoms with Crippen molar-refractivity contribution in [3.8, 4) is 11.3 Å². The number of pyridine rings is 1. The molecule has 3 aromatic rings. The van der Waals surface area contributed by atoms with Crippen molar-refractivity contribution in [3.05, 3.63) is 52.4 Å². The third-order valence-electron chi connectivity index (χ3n) is 4.63. The van der Waals surface area contributed by atoms with Gasteiger partial charge in [-0.2, -0.15) is 5.10 Å². The Labute approximate surface area is 128 Å². The summed E-state index contributed by atoms with van der Waals surface area (Å²) in [5.41, 5.74) is 3.90. The second-order valence-electron chi connectivity index (χ2n) is 6.16. The van der Waals surface area contributed by atoms with Crippen LogP contribution in [0.3, 0.4) is 0 Å². The highest BCUT2D eigenvalue weighted by molar-refractivity contribution is 5.92. The van der Waals surface area contributed by atoms with Crippen molar-refractivity contribution in [2.24, 2.45) is 0 Å². The fraction of sp³-hybridized carbons (Fsp3) is 0.333. The Morgan fingerprint density at radius 2 is 1.86 bits per heavy atom. The number of aryl methyl sites for hydroxylation is 1. The van der Waals surface area contributed by atoms with Gasteiger partial charge in [-0.25, -0.2) is 0 Å². The van der Waals surface area contributed by atoms with Crippen molar-refractivity contribution in [3.63, 3.8) is 0 Å². The molecular weight excluding hydrogens is 274 g/mol. The molecule has 1 aliphatic rings. The molecule has 0 atom stereocenters. The summed E-state index contributed by atoms with van der Waals surface area (Å²) in [5.74, 6) is 0. The van der Waals surface area contributed by atoms with Crippen LogP contribution in [0.1, 0.15) is 37.3 Å². The Balaban J connectivity index is 1.98. The van der Waals surface area contributed by atoms with Crippen molar-refractivity contribution in [1.82, 2.24) is 14.8 Å².